The van der Waals surface area contributed by atoms with Crippen LogP contribution in [0.5, 0.6) is 5.88 Å². The molecule has 0 aliphatic carbocycles. The minimum Gasteiger partial charge on any atom is -0.391 e. The fraction of sp³-hybridized carbons (Fsp3) is 0.250. The first-order valence-corrected chi connectivity index (χ1v) is 3.71. The van der Waals surface area contributed by atoms with E-state index in [-0.39, 0.29) is 5.88 Å². The number of nitrogens with zero attached hydrogens (tertiary/aromatic N) is 1. The number of carbonyl (C=O) groups excluding carboxylic acids is 1. The maximum absolute atomic E-state index is 10.3. The first kappa shape index (κ1) is 9.47. The number of hydrogen-bond donors (Lipinski definition) is 2. The molecule has 0 radical (unpaired) electrons. The average molecular weight is 182 g/mol. The van der Waals surface area contributed by atoms with Crippen molar-refractivity contribution in [3.63, 3.8) is 0 Å². The molecule has 0 bridgehead atoms. The third-order valence-corrected chi connectivity index (χ3v) is 1.45. The number of hydrogen-bond acceptors (Lipinski definition) is 4. The summed E-state index contributed by atoms with van der Waals surface area (Å²) in [7, 11) is 0. The van der Waals surface area contributed by atoms with E-state index in [9.17, 15) is 9.90 Å². The molecule has 0 aromatic carbocycles. The predicted molar refractivity (Wildman–Crippen MR) is 45.1 cm³/mol. The van der Waals surface area contributed by atoms with E-state index in [2.05, 4.69) is 9.72 Å². The van der Waals surface area contributed by atoms with Crippen molar-refractivity contribution in [3.05, 3.63) is 23.9 Å². The van der Waals surface area contributed by atoms with Crippen LogP contribution in [0.25, 0.3) is 0 Å². The molecule has 0 saturated carbocycles. The summed E-state index contributed by atoms with van der Waals surface area (Å²) < 4.78 is 4.52. The molecule has 1 aromatic rings. The molecule has 1 aromatic heterocycles. The van der Waals surface area contributed by atoms with Gasteiger partial charge in [0.2, 0.25) is 5.88 Å². The lowest BCUT2D eigenvalue weighted by Crippen LogP contribution is -2.17. The standard InChI is InChI=1S/C8H10N2O3/c1-5(11)6-2-3-10-7(4-6)13-8(9)12/h2-5,11H,1H3,(H2,9,12). The molecule has 13 heavy (non-hydrogen) atoms. The highest BCUT2D eigenvalue weighted by Gasteiger charge is 2.04. The van der Waals surface area contributed by atoms with Gasteiger partial charge in [0, 0.05) is 12.3 Å². The van der Waals surface area contributed by atoms with Crippen LogP contribution in [-0.2, 0) is 0 Å². The minimum atomic E-state index is -0.921. The van der Waals surface area contributed by atoms with Gasteiger partial charge in [-0.2, -0.15) is 0 Å². The second-order valence-electron chi connectivity index (χ2n) is 2.52. The summed E-state index contributed by atoms with van der Waals surface area (Å²) in [5.41, 5.74) is 5.40. The number of aliphatic hydroxyl groups is 1. The first-order chi connectivity index (χ1) is 6.09. The second-order valence-corrected chi connectivity index (χ2v) is 2.52. The molecule has 3 N–H and O–H groups in total. The molecule has 0 saturated heterocycles. The fourth-order valence-electron chi connectivity index (χ4n) is 0.843. The molecule has 0 aliphatic rings. The Morgan fingerprint density at radius 3 is 3.00 bits per heavy atom. The first-order valence-electron chi connectivity index (χ1n) is 3.71. The zero-order valence-corrected chi connectivity index (χ0v) is 7.10. The van der Waals surface area contributed by atoms with Gasteiger partial charge in [0.05, 0.1) is 6.10 Å². The Labute approximate surface area is 75.2 Å². The Balaban J connectivity index is 2.85. The molecule has 0 fully saturated rings. The summed E-state index contributed by atoms with van der Waals surface area (Å²) in [5, 5.41) is 9.18. The average Bonchev–Trinajstić information content (AvgIpc) is 2.03. The lowest BCUT2D eigenvalue weighted by atomic mass is 10.2. The van der Waals surface area contributed by atoms with Crippen LogP contribution in [0.3, 0.4) is 0 Å². The van der Waals surface area contributed by atoms with Crippen molar-refractivity contribution in [2.45, 2.75) is 13.0 Å². The summed E-state index contributed by atoms with van der Waals surface area (Å²) in [6.45, 7) is 1.60. The van der Waals surface area contributed by atoms with Crippen LogP contribution in [0, 0.1) is 0 Å². The molecule has 1 heterocycles. The Bertz CT molecular complexity index is 312. The maximum atomic E-state index is 10.3. The molecule has 0 aliphatic heterocycles. The number of amides is 1. The molecule has 70 valence electrons. The quantitative estimate of drug-likeness (QED) is 0.701. The van der Waals surface area contributed by atoms with Gasteiger partial charge in [-0.3, -0.25) is 0 Å². The number of aromatic nitrogens is 1. The summed E-state index contributed by atoms with van der Waals surface area (Å²) in [4.78, 5) is 14.1. The largest absolute Gasteiger partial charge is 0.411 e. The molecule has 1 amide bonds. The van der Waals surface area contributed by atoms with Crippen LogP contribution in [0.15, 0.2) is 18.3 Å². The Kier molecular flexibility index (Phi) is 2.81. The normalized spacial score (nSPS) is 12.2. The number of pyridine rings is 1. The molecule has 1 unspecified atom stereocenters. The lowest BCUT2D eigenvalue weighted by molar-refractivity contribution is 0.196. The lowest BCUT2D eigenvalue weighted by Gasteiger charge is -2.05. The predicted octanol–water partition coefficient (Wildman–Crippen LogP) is 0.592. The molecule has 5 heteroatoms. The van der Waals surface area contributed by atoms with Crippen LogP contribution in [-0.4, -0.2) is 16.2 Å². The highest BCUT2D eigenvalue weighted by atomic mass is 16.6. The van der Waals surface area contributed by atoms with Crippen LogP contribution in [0.4, 0.5) is 4.79 Å². The van der Waals surface area contributed by atoms with Crippen molar-refractivity contribution in [2.75, 3.05) is 0 Å². The van der Waals surface area contributed by atoms with E-state index in [1.54, 1.807) is 13.0 Å². The number of ether oxygens (including phenoxy) is 1. The van der Waals surface area contributed by atoms with E-state index >= 15 is 0 Å². The van der Waals surface area contributed by atoms with Gasteiger partial charge in [-0.1, -0.05) is 0 Å². The van der Waals surface area contributed by atoms with Crippen LogP contribution in [0.1, 0.15) is 18.6 Å². The second kappa shape index (κ2) is 3.86. The number of primary amides is 1. The van der Waals surface area contributed by atoms with Gasteiger partial charge in [-0.15, -0.1) is 0 Å². The summed E-state index contributed by atoms with van der Waals surface area (Å²) in [6, 6.07) is 3.08. The van der Waals surface area contributed by atoms with E-state index in [0.29, 0.717) is 5.56 Å². The number of nitrogens with two attached hydrogens (primary N) is 1. The van der Waals surface area contributed by atoms with Crippen molar-refractivity contribution in [1.82, 2.24) is 4.98 Å². The number of aliphatic hydroxyl groups excluding tert-OH is 1. The van der Waals surface area contributed by atoms with Gasteiger partial charge in [-0.05, 0) is 18.6 Å². The smallest absolute Gasteiger partial charge is 0.391 e. The molecule has 0 spiro atoms. The third-order valence-electron chi connectivity index (χ3n) is 1.45. The van der Waals surface area contributed by atoms with Crippen molar-refractivity contribution >= 4 is 6.09 Å². The Morgan fingerprint density at radius 1 is 1.77 bits per heavy atom. The summed E-state index contributed by atoms with van der Waals surface area (Å²) in [6.07, 6.45) is -0.117. The zero-order valence-electron chi connectivity index (χ0n) is 7.10. The Hall–Kier alpha value is -1.62. The van der Waals surface area contributed by atoms with Gasteiger partial charge in [-0.25, -0.2) is 9.78 Å². The summed E-state index contributed by atoms with van der Waals surface area (Å²) in [5.74, 6) is 0.0888. The number of carbonyl (C=O) groups is 1. The van der Waals surface area contributed by atoms with Crippen molar-refractivity contribution in [2.24, 2.45) is 5.73 Å². The molecular weight excluding hydrogens is 172 g/mol. The monoisotopic (exact) mass is 182 g/mol. The van der Waals surface area contributed by atoms with Crippen LogP contribution < -0.4 is 10.5 Å². The van der Waals surface area contributed by atoms with Crippen molar-refractivity contribution in [3.8, 4) is 5.88 Å². The minimum absolute atomic E-state index is 0.0888. The van der Waals surface area contributed by atoms with E-state index < -0.39 is 12.2 Å². The molecule has 1 atom stereocenters. The van der Waals surface area contributed by atoms with Crippen molar-refractivity contribution in [1.29, 1.82) is 0 Å². The molecular formula is C8H10N2O3. The van der Waals surface area contributed by atoms with Gasteiger partial charge in [0.15, 0.2) is 0 Å². The SMILES string of the molecule is CC(O)c1ccnc(OC(N)=O)c1. The third kappa shape index (κ3) is 2.72. The van der Waals surface area contributed by atoms with Crippen LogP contribution in [0.2, 0.25) is 0 Å². The van der Waals surface area contributed by atoms with E-state index in [4.69, 9.17) is 5.73 Å². The summed E-state index contributed by atoms with van der Waals surface area (Å²) >= 11 is 0. The molecule has 5 nitrogen and oxygen atoms in total. The molecule has 1 rings (SSSR count). The Morgan fingerprint density at radius 2 is 2.46 bits per heavy atom. The topological polar surface area (TPSA) is 85.4 Å². The fourth-order valence-corrected chi connectivity index (χ4v) is 0.843. The van der Waals surface area contributed by atoms with Gasteiger partial charge in [0.1, 0.15) is 0 Å². The van der Waals surface area contributed by atoms with Gasteiger partial charge in [0.25, 0.3) is 0 Å². The van der Waals surface area contributed by atoms with Gasteiger partial charge < -0.3 is 15.6 Å². The highest BCUT2D eigenvalue weighted by Crippen LogP contribution is 2.15. The van der Waals surface area contributed by atoms with E-state index in [1.807, 2.05) is 0 Å². The van der Waals surface area contributed by atoms with Crippen molar-refractivity contribution < 1.29 is 14.6 Å². The van der Waals surface area contributed by atoms with Gasteiger partial charge >= 0.3 is 6.09 Å². The van der Waals surface area contributed by atoms with E-state index in [1.165, 1.54) is 12.3 Å². The maximum Gasteiger partial charge on any atom is 0.411 e. The highest BCUT2D eigenvalue weighted by molar-refractivity contribution is 5.67. The van der Waals surface area contributed by atoms with E-state index in [0.717, 1.165) is 0 Å². The van der Waals surface area contributed by atoms with Crippen LogP contribution >= 0.6 is 0 Å². The number of rotatable bonds is 2. The zero-order chi connectivity index (χ0) is 9.84.